The third-order valence-electron chi connectivity index (χ3n) is 3.29. The number of oxime groups is 1. The van der Waals surface area contributed by atoms with Crippen molar-refractivity contribution >= 4 is 50.7 Å². The summed E-state index contributed by atoms with van der Waals surface area (Å²) >= 11 is 15.6. The number of nitrogens with zero attached hydrogens (tertiary/aromatic N) is 1. The van der Waals surface area contributed by atoms with Gasteiger partial charge in [-0.1, -0.05) is 44.3 Å². The largest absolute Gasteiger partial charge is 0.409 e. The van der Waals surface area contributed by atoms with Gasteiger partial charge in [0, 0.05) is 17.4 Å². The Balaban J connectivity index is 2.04. The predicted octanol–water partition coefficient (Wildman–Crippen LogP) is 4.08. The summed E-state index contributed by atoms with van der Waals surface area (Å²) in [5.74, 6) is 0.257. The number of hydrogen-bond donors (Lipinski definition) is 3. The van der Waals surface area contributed by atoms with E-state index in [4.69, 9.17) is 34.1 Å². The highest BCUT2D eigenvalue weighted by molar-refractivity contribution is 9.10. The Morgan fingerprint density at radius 1 is 1.42 bits per heavy atom. The molecule has 0 bridgehead atoms. The van der Waals surface area contributed by atoms with Crippen molar-refractivity contribution < 1.29 is 5.21 Å². The van der Waals surface area contributed by atoms with Crippen molar-refractivity contribution in [2.45, 2.75) is 19.3 Å². The van der Waals surface area contributed by atoms with Gasteiger partial charge in [0.2, 0.25) is 0 Å². The zero-order valence-corrected chi connectivity index (χ0v) is 13.2. The molecular weight excluding hydrogens is 353 g/mol. The van der Waals surface area contributed by atoms with Crippen molar-refractivity contribution in [1.29, 1.82) is 0 Å². The molecule has 104 valence electrons. The third kappa shape index (κ3) is 3.68. The van der Waals surface area contributed by atoms with Crippen LogP contribution in [0.1, 0.15) is 19.3 Å². The summed E-state index contributed by atoms with van der Waals surface area (Å²) in [5, 5.41) is 16.0. The van der Waals surface area contributed by atoms with Gasteiger partial charge in [0.25, 0.3) is 0 Å². The van der Waals surface area contributed by atoms with E-state index in [0.717, 1.165) is 23.0 Å². The SMILES string of the molecule is NC(CC1(CNc2c(Cl)cc(Br)cc2Cl)CC1)=NO. The Bertz CT molecular complexity index is 495. The van der Waals surface area contributed by atoms with Gasteiger partial charge in [-0.25, -0.2) is 0 Å². The summed E-state index contributed by atoms with van der Waals surface area (Å²) in [6.45, 7) is 0.699. The molecule has 1 fully saturated rings. The van der Waals surface area contributed by atoms with E-state index in [1.807, 2.05) is 0 Å². The molecule has 0 aliphatic heterocycles. The smallest absolute Gasteiger partial charge is 0.139 e. The Hall–Kier alpha value is -0.650. The van der Waals surface area contributed by atoms with Crippen molar-refractivity contribution in [3.05, 3.63) is 26.7 Å². The summed E-state index contributed by atoms with van der Waals surface area (Å²) in [6, 6.07) is 3.58. The molecule has 1 saturated carbocycles. The molecule has 1 aromatic rings. The molecule has 1 aromatic carbocycles. The van der Waals surface area contributed by atoms with Gasteiger partial charge in [-0.3, -0.25) is 0 Å². The number of anilines is 1. The maximum absolute atomic E-state index is 8.63. The van der Waals surface area contributed by atoms with Crippen LogP contribution in [0, 0.1) is 5.41 Å². The molecule has 4 nitrogen and oxygen atoms in total. The number of rotatable bonds is 5. The van der Waals surface area contributed by atoms with Crippen LogP contribution in [0.4, 0.5) is 5.69 Å². The molecular formula is C12H14BrCl2N3O. The number of amidine groups is 1. The van der Waals surface area contributed by atoms with Gasteiger partial charge < -0.3 is 16.3 Å². The van der Waals surface area contributed by atoms with Crippen molar-refractivity contribution in [2.75, 3.05) is 11.9 Å². The lowest BCUT2D eigenvalue weighted by Crippen LogP contribution is -2.23. The molecule has 7 heteroatoms. The summed E-state index contributed by atoms with van der Waals surface area (Å²) in [4.78, 5) is 0. The van der Waals surface area contributed by atoms with Crippen LogP contribution in [0.3, 0.4) is 0 Å². The van der Waals surface area contributed by atoms with E-state index in [1.165, 1.54) is 0 Å². The van der Waals surface area contributed by atoms with Crippen LogP contribution in [0.25, 0.3) is 0 Å². The average Bonchev–Trinajstić information content (AvgIpc) is 3.07. The van der Waals surface area contributed by atoms with Gasteiger partial charge in [0.05, 0.1) is 15.7 Å². The first-order valence-corrected chi connectivity index (χ1v) is 7.35. The molecule has 1 aliphatic rings. The quantitative estimate of drug-likeness (QED) is 0.318. The molecule has 2 rings (SSSR count). The molecule has 0 radical (unpaired) electrons. The van der Waals surface area contributed by atoms with E-state index in [2.05, 4.69) is 26.4 Å². The molecule has 1 aliphatic carbocycles. The number of hydrogen-bond acceptors (Lipinski definition) is 3. The van der Waals surface area contributed by atoms with Crippen molar-refractivity contribution in [3.63, 3.8) is 0 Å². The molecule has 0 atom stereocenters. The summed E-state index contributed by atoms with van der Waals surface area (Å²) < 4.78 is 0.839. The maximum atomic E-state index is 8.63. The van der Waals surface area contributed by atoms with E-state index >= 15 is 0 Å². The number of benzene rings is 1. The van der Waals surface area contributed by atoms with Crippen molar-refractivity contribution in [2.24, 2.45) is 16.3 Å². The minimum Gasteiger partial charge on any atom is -0.409 e. The molecule has 0 unspecified atom stereocenters. The predicted molar refractivity (Wildman–Crippen MR) is 82.3 cm³/mol. The minimum absolute atomic E-state index is 0.0516. The van der Waals surface area contributed by atoms with Crippen LogP contribution in [0.2, 0.25) is 10.0 Å². The number of nitrogens with two attached hydrogens (primary N) is 1. The van der Waals surface area contributed by atoms with Gasteiger partial charge in [0.1, 0.15) is 5.84 Å². The number of halogens is 3. The summed E-state index contributed by atoms with van der Waals surface area (Å²) in [7, 11) is 0. The summed E-state index contributed by atoms with van der Waals surface area (Å²) in [5.41, 5.74) is 6.33. The lowest BCUT2D eigenvalue weighted by molar-refractivity contribution is 0.315. The van der Waals surface area contributed by atoms with Gasteiger partial charge in [-0.15, -0.1) is 0 Å². The highest BCUT2D eigenvalue weighted by Crippen LogP contribution is 2.49. The monoisotopic (exact) mass is 365 g/mol. The minimum atomic E-state index is 0.0516. The fourth-order valence-corrected chi connectivity index (χ4v) is 3.34. The van der Waals surface area contributed by atoms with Gasteiger partial charge in [-0.05, 0) is 30.4 Å². The standard InChI is InChI=1S/C12H14BrCl2N3O/c13-7-3-8(14)11(9(15)4-7)17-6-12(1-2-12)5-10(16)18-19/h3-4,17,19H,1-2,5-6H2,(H2,16,18). The first-order valence-electron chi connectivity index (χ1n) is 5.81. The fourth-order valence-electron chi connectivity index (χ4n) is 2.00. The molecule has 0 aromatic heterocycles. The lowest BCUT2D eigenvalue weighted by Gasteiger charge is -2.17. The second-order valence-electron chi connectivity index (χ2n) is 4.87. The molecule has 19 heavy (non-hydrogen) atoms. The Kier molecular flexibility index (Phi) is 4.48. The zero-order chi connectivity index (χ0) is 14.0. The first kappa shape index (κ1) is 14.8. The van der Waals surface area contributed by atoms with E-state index in [0.29, 0.717) is 23.0 Å². The molecule has 0 saturated heterocycles. The molecule has 0 spiro atoms. The topological polar surface area (TPSA) is 70.6 Å². The molecule has 4 N–H and O–H groups in total. The van der Waals surface area contributed by atoms with Crippen molar-refractivity contribution in [3.8, 4) is 0 Å². The maximum Gasteiger partial charge on any atom is 0.139 e. The number of nitrogens with one attached hydrogen (secondary N) is 1. The second kappa shape index (κ2) is 5.77. The highest BCUT2D eigenvalue weighted by atomic mass is 79.9. The normalized spacial score (nSPS) is 17.3. The van der Waals surface area contributed by atoms with Crippen LogP contribution < -0.4 is 11.1 Å². The van der Waals surface area contributed by atoms with Crippen LogP contribution in [-0.4, -0.2) is 17.6 Å². The van der Waals surface area contributed by atoms with E-state index in [9.17, 15) is 0 Å². The lowest BCUT2D eigenvalue weighted by atomic mass is 10.0. The second-order valence-corrected chi connectivity index (χ2v) is 6.60. The van der Waals surface area contributed by atoms with Gasteiger partial charge in [-0.2, -0.15) is 0 Å². The van der Waals surface area contributed by atoms with Crippen LogP contribution in [0.5, 0.6) is 0 Å². The van der Waals surface area contributed by atoms with Crippen LogP contribution in [-0.2, 0) is 0 Å². The van der Waals surface area contributed by atoms with Crippen LogP contribution in [0.15, 0.2) is 21.8 Å². The zero-order valence-electron chi connectivity index (χ0n) is 10.1. The third-order valence-corrected chi connectivity index (χ3v) is 4.34. The van der Waals surface area contributed by atoms with Crippen LogP contribution >= 0.6 is 39.1 Å². The Morgan fingerprint density at radius 3 is 2.47 bits per heavy atom. The Labute approximate surface area is 130 Å². The molecule has 0 amide bonds. The van der Waals surface area contributed by atoms with Gasteiger partial charge in [0.15, 0.2) is 0 Å². The molecule has 0 heterocycles. The van der Waals surface area contributed by atoms with E-state index in [-0.39, 0.29) is 11.3 Å². The van der Waals surface area contributed by atoms with Crippen molar-refractivity contribution in [1.82, 2.24) is 0 Å². The highest BCUT2D eigenvalue weighted by Gasteiger charge is 2.43. The van der Waals surface area contributed by atoms with E-state index < -0.39 is 0 Å². The van der Waals surface area contributed by atoms with E-state index in [1.54, 1.807) is 12.1 Å². The Morgan fingerprint density at radius 2 is 2.00 bits per heavy atom. The summed E-state index contributed by atoms with van der Waals surface area (Å²) in [6.07, 6.45) is 2.66. The fraction of sp³-hybridized carbons (Fsp3) is 0.417. The van der Waals surface area contributed by atoms with Gasteiger partial charge >= 0.3 is 0 Å². The first-order chi connectivity index (χ1) is 8.96. The average molecular weight is 367 g/mol.